The van der Waals surface area contributed by atoms with Crippen LogP contribution in [0.2, 0.25) is 0 Å². The largest absolute Gasteiger partial charge is 0.371 e. The number of carbonyl (C=O) groups is 2. The number of amides is 2. The summed E-state index contributed by atoms with van der Waals surface area (Å²) in [6, 6.07) is 19.9. The van der Waals surface area contributed by atoms with Crippen LogP contribution in [0.15, 0.2) is 60.7 Å². The predicted molar refractivity (Wildman–Crippen MR) is 110 cm³/mol. The molecule has 2 N–H and O–H groups in total. The van der Waals surface area contributed by atoms with Gasteiger partial charge in [0.25, 0.3) is 0 Å². The second-order valence-electron chi connectivity index (χ2n) is 7.92. The lowest BCUT2D eigenvalue weighted by Gasteiger charge is -2.39. The van der Waals surface area contributed by atoms with E-state index < -0.39 is 5.54 Å². The number of carbonyl (C=O) groups excluding carboxylic acids is 2. The maximum Gasteiger partial charge on any atom is 0.248 e. The quantitative estimate of drug-likeness (QED) is 0.842. The minimum absolute atomic E-state index is 0.0530. The van der Waals surface area contributed by atoms with Crippen molar-refractivity contribution in [3.05, 3.63) is 66.2 Å². The highest BCUT2D eigenvalue weighted by molar-refractivity contribution is 5.93. The van der Waals surface area contributed by atoms with Gasteiger partial charge in [-0.25, -0.2) is 0 Å². The van der Waals surface area contributed by atoms with Crippen molar-refractivity contribution >= 4 is 17.5 Å². The molecular weight excluding hydrogens is 350 g/mol. The van der Waals surface area contributed by atoms with Crippen LogP contribution >= 0.6 is 0 Å². The van der Waals surface area contributed by atoms with Gasteiger partial charge in [-0.2, -0.15) is 0 Å². The second-order valence-corrected chi connectivity index (χ2v) is 7.92. The first kappa shape index (κ1) is 18.5. The van der Waals surface area contributed by atoms with Crippen molar-refractivity contribution in [3.63, 3.8) is 0 Å². The Hall–Kier alpha value is -2.82. The van der Waals surface area contributed by atoms with E-state index >= 15 is 0 Å². The molecule has 2 aliphatic rings. The summed E-state index contributed by atoms with van der Waals surface area (Å²) in [4.78, 5) is 27.6. The molecule has 2 aromatic carbocycles. The molecule has 5 heteroatoms. The van der Waals surface area contributed by atoms with Crippen LogP contribution in [-0.2, 0) is 16.0 Å². The normalized spacial score (nSPS) is 21.2. The molecule has 2 aromatic rings. The standard InChI is InChI=1S/C23H27N3O2/c27-21-17-26(16-20(24-21)15-18-9-3-1-4-10-18)22(28)23(13-7-8-14-23)25-19-11-5-2-6-12-19/h1-6,9-12,20,25H,7-8,13-17H2,(H,24,27)/t20-/m0/s1. The molecule has 1 saturated heterocycles. The summed E-state index contributed by atoms with van der Waals surface area (Å²) in [5.41, 5.74) is 1.52. The molecule has 1 aliphatic heterocycles. The van der Waals surface area contributed by atoms with Crippen molar-refractivity contribution < 1.29 is 9.59 Å². The fraction of sp³-hybridized carbons (Fsp3) is 0.391. The summed E-state index contributed by atoms with van der Waals surface area (Å²) in [6.45, 7) is 0.694. The number of anilines is 1. The van der Waals surface area contributed by atoms with Crippen molar-refractivity contribution in [2.45, 2.75) is 43.7 Å². The second kappa shape index (κ2) is 8.05. The lowest BCUT2D eigenvalue weighted by atomic mass is 9.93. The van der Waals surface area contributed by atoms with Gasteiger partial charge in [-0.15, -0.1) is 0 Å². The monoisotopic (exact) mass is 377 g/mol. The van der Waals surface area contributed by atoms with Crippen LogP contribution in [0.1, 0.15) is 31.2 Å². The Labute approximate surface area is 166 Å². The molecular formula is C23H27N3O2. The lowest BCUT2D eigenvalue weighted by molar-refractivity contribution is -0.143. The molecule has 2 fully saturated rings. The Bertz CT molecular complexity index is 816. The number of rotatable bonds is 5. The summed E-state index contributed by atoms with van der Waals surface area (Å²) < 4.78 is 0. The van der Waals surface area contributed by atoms with E-state index in [0.717, 1.165) is 37.8 Å². The Morgan fingerprint density at radius 2 is 1.68 bits per heavy atom. The Balaban J connectivity index is 1.50. The maximum atomic E-state index is 13.6. The van der Waals surface area contributed by atoms with E-state index in [1.165, 1.54) is 5.56 Å². The van der Waals surface area contributed by atoms with Gasteiger partial charge in [-0.3, -0.25) is 9.59 Å². The van der Waals surface area contributed by atoms with Gasteiger partial charge in [0.15, 0.2) is 0 Å². The minimum atomic E-state index is -0.601. The number of benzene rings is 2. The molecule has 28 heavy (non-hydrogen) atoms. The zero-order chi connectivity index (χ0) is 19.4. The molecule has 4 rings (SSSR count). The molecule has 2 amide bonds. The molecule has 0 unspecified atom stereocenters. The highest BCUT2D eigenvalue weighted by atomic mass is 16.2. The molecule has 0 aromatic heterocycles. The van der Waals surface area contributed by atoms with E-state index in [9.17, 15) is 9.59 Å². The molecule has 5 nitrogen and oxygen atoms in total. The summed E-state index contributed by atoms with van der Waals surface area (Å²) in [5, 5.41) is 6.56. The molecule has 0 radical (unpaired) electrons. The van der Waals surface area contributed by atoms with Gasteiger partial charge in [0.1, 0.15) is 5.54 Å². The van der Waals surface area contributed by atoms with Crippen LogP contribution in [-0.4, -0.2) is 41.4 Å². The zero-order valence-corrected chi connectivity index (χ0v) is 16.1. The smallest absolute Gasteiger partial charge is 0.248 e. The van der Waals surface area contributed by atoms with Crippen LogP contribution in [0.3, 0.4) is 0 Å². The Kier molecular flexibility index (Phi) is 5.33. The van der Waals surface area contributed by atoms with E-state index in [0.29, 0.717) is 6.54 Å². The molecule has 1 atom stereocenters. The Morgan fingerprint density at radius 3 is 2.36 bits per heavy atom. The molecule has 1 aliphatic carbocycles. The van der Waals surface area contributed by atoms with Crippen LogP contribution in [0, 0.1) is 0 Å². The molecule has 0 bridgehead atoms. The maximum absolute atomic E-state index is 13.6. The first-order chi connectivity index (χ1) is 13.6. The highest BCUT2D eigenvalue weighted by Gasteiger charge is 2.45. The highest BCUT2D eigenvalue weighted by Crippen LogP contribution is 2.35. The average Bonchev–Trinajstić information content (AvgIpc) is 3.18. The first-order valence-electron chi connectivity index (χ1n) is 10.1. The van der Waals surface area contributed by atoms with E-state index in [4.69, 9.17) is 0 Å². The lowest BCUT2D eigenvalue weighted by Crippen LogP contribution is -2.62. The van der Waals surface area contributed by atoms with Crippen molar-refractivity contribution in [3.8, 4) is 0 Å². The summed E-state index contributed by atoms with van der Waals surface area (Å²) in [6.07, 6.45) is 4.40. The van der Waals surface area contributed by atoms with Gasteiger partial charge >= 0.3 is 0 Å². The van der Waals surface area contributed by atoms with Crippen LogP contribution in [0.5, 0.6) is 0 Å². The van der Waals surface area contributed by atoms with Gasteiger partial charge in [-0.05, 0) is 37.0 Å². The summed E-state index contributed by atoms with van der Waals surface area (Å²) in [7, 11) is 0. The third-order valence-electron chi connectivity index (χ3n) is 5.78. The van der Waals surface area contributed by atoms with E-state index in [-0.39, 0.29) is 24.4 Å². The average molecular weight is 377 g/mol. The Morgan fingerprint density at radius 1 is 1.04 bits per heavy atom. The topological polar surface area (TPSA) is 61.4 Å². The van der Waals surface area contributed by atoms with Gasteiger partial charge < -0.3 is 15.5 Å². The first-order valence-corrected chi connectivity index (χ1v) is 10.1. The molecule has 146 valence electrons. The molecule has 0 spiro atoms. The van der Waals surface area contributed by atoms with Crippen molar-refractivity contribution in [1.82, 2.24) is 10.2 Å². The summed E-state index contributed by atoms with van der Waals surface area (Å²) >= 11 is 0. The number of nitrogens with one attached hydrogen (secondary N) is 2. The minimum Gasteiger partial charge on any atom is -0.371 e. The zero-order valence-electron chi connectivity index (χ0n) is 16.1. The van der Waals surface area contributed by atoms with Crippen molar-refractivity contribution in [1.29, 1.82) is 0 Å². The van der Waals surface area contributed by atoms with Crippen LogP contribution in [0.25, 0.3) is 0 Å². The van der Waals surface area contributed by atoms with Crippen LogP contribution in [0.4, 0.5) is 5.69 Å². The fourth-order valence-corrected chi connectivity index (χ4v) is 4.46. The summed E-state index contributed by atoms with van der Waals surface area (Å²) in [5.74, 6) is -0.0184. The van der Waals surface area contributed by atoms with Crippen LogP contribution < -0.4 is 10.6 Å². The SMILES string of the molecule is O=C1CN(C(=O)C2(Nc3ccccc3)CCCC2)C[C@H](Cc2ccccc2)N1. The third-order valence-corrected chi connectivity index (χ3v) is 5.78. The number of nitrogens with zero attached hydrogens (tertiary/aromatic N) is 1. The molecule has 1 saturated carbocycles. The van der Waals surface area contributed by atoms with Gasteiger partial charge in [0, 0.05) is 12.2 Å². The number of piperazine rings is 1. The fourth-order valence-electron chi connectivity index (χ4n) is 4.46. The third kappa shape index (κ3) is 4.03. The predicted octanol–water partition coefficient (Wildman–Crippen LogP) is 2.98. The van der Waals surface area contributed by atoms with Gasteiger partial charge in [-0.1, -0.05) is 61.4 Å². The number of para-hydroxylation sites is 1. The van der Waals surface area contributed by atoms with E-state index in [2.05, 4.69) is 22.8 Å². The number of hydrogen-bond donors (Lipinski definition) is 2. The number of hydrogen-bond acceptors (Lipinski definition) is 3. The molecule has 1 heterocycles. The van der Waals surface area contributed by atoms with Crippen molar-refractivity contribution in [2.75, 3.05) is 18.4 Å². The van der Waals surface area contributed by atoms with E-state index in [1.807, 2.05) is 48.5 Å². The van der Waals surface area contributed by atoms with Crippen molar-refractivity contribution in [2.24, 2.45) is 0 Å². The van der Waals surface area contributed by atoms with Gasteiger partial charge in [0.2, 0.25) is 11.8 Å². The van der Waals surface area contributed by atoms with Gasteiger partial charge in [0.05, 0.1) is 12.6 Å². The van der Waals surface area contributed by atoms with E-state index in [1.54, 1.807) is 4.90 Å².